The zero-order chi connectivity index (χ0) is 13.2. The van der Waals surface area contributed by atoms with Gasteiger partial charge in [-0.2, -0.15) is 0 Å². The first-order valence-electron chi connectivity index (χ1n) is 5.49. The summed E-state index contributed by atoms with van der Waals surface area (Å²) in [6.07, 6.45) is -0.484. The van der Waals surface area contributed by atoms with Gasteiger partial charge in [-0.05, 0) is 33.6 Å². The fourth-order valence-electron chi connectivity index (χ4n) is 1.66. The zero-order valence-corrected chi connectivity index (χ0v) is 10.2. The molecule has 0 saturated carbocycles. The van der Waals surface area contributed by atoms with Gasteiger partial charge in [-0.25, -0.2) is 9.69 Å². The van der Waals surface area contributed by atoms with Crippen LogP contribution >= 0.6 is 0 Å². The number of carboxylic acid groups (broad SMARTS) is 1. The van der Waals surface area contributed by atoms with Crippen molar-refractivity contribution in [2.75, 3.05) is 6.54 Å². The van der Waals surface area contributed by atoms with Gasteiger partial charge in [-0.3, -0.25) is 9.59 Å². The third-order valence-electron chi connectivity index (χ3n) is 2.36. The minimum Gasteiger partial charge on any atom is -0.465 e. The van der Waals surface area contributed by atoms with Gasteiger partial charge in [0.15, 0.2) is 0 Å². The lowest BCUT2D eigenvalue weighted by Gasteiger charge is -2.29. The van der Waals surface area contributed by atoms with Crippen LogP contribution in [-0.4, -0.2) is 40.1 Å². The first kappa shape index (κ1) is 13.5. The number of rotatable bonds is 1. The average Bonchev–Trinajstić information content (AvgIpc) is 2.14. The summed E-state index contributed by atoms with van der Waals surface area (Å²) in [5.41, 5.74) is -0.678. The van der Waals surface area contributed by atoms with Gasteiger partial charge in [0.25, 0.3) is 0 Å². The number of hydrogen-bond donors (Lipinski definition) is 1. The molecule has 1 aliphatic heterocycles. The molecule has 0 aromatic rings. The highest BCUT2D eigenvalue weighted by molar-refractivity contribution is 6.03. The van der Waals surface area contributed by atoms with E-state index < -0.39 is 29.5 Å². The van der Waals surface area contributed by atoms with Crippen LogP contribution in [0.5, 0.6) is 0 Å². The van der Waals surface area contributed by atoms with E-state index in [4.69, 9.17) is 9.84 Å². The largest absolute Gasteiger partial charge is 0.465 e. The molecule has 1 aliphatic rings. The lowest BCUT2D eigenvalue weighted by molar-refractivity contribution is -0.165. The molecule has 0 unspecified atom stereocenters. The molecule has 0 aliphatic carbocycles. The molecule has 1 saturated heterocycles. The van der Waals surface area contributed by atoms with Gasteiger partial charge in [-0.1, -0.05) is 0 Å². The van der Waals surface area contributed by atoms with Crippen molar-refractivity contribution in [1.29, 1.82) is 0 Å². The molecule has 6 nitrogen and oxygen atoms in total. The maximum atomic E-state index is 11.7. The summed E-state index contributed by atoms with van der Waals surface area (Å²) >= 11 is 0. The number of likely N-dealkylation sites (tertiary alicyclic amines) is 1. The van der Waals surface area contributed by atoms with Crippen LogP contribution in [0.15, 0.2) is 0 Å². The van der Waals surface area contributed by atoms with Crippen molar-refractivity contribution in [2.45, 2.75) is 39.2 Å². The fraction of sp³-hybridized carbons (Fsp3) is 0.727. The SMILES string of the molecule is CC(C)(C)OC(=O)[C@H]1CCCN(C(=O)O)C1=O. The van der Waals surface area contributed by atoms with Crippen LogP contribution in [0.3, 0.4) is 0 Å². The van der Waals surface area contributed by atoms with E-state index in [2.05, 4.69) is 0 Å². The molecule has 0 spiro atoms. The molecule has 6 heteroatoms. The summed E-state index contributed by atoms with van der Waals surface area (Å²) < 4.78 is 5.10. The van der Waals surface area contributed by atoms with E-state index in [-0.39, 0.29) is 6.54 Å². The molecular formula is C11H17NO5. The van der Waals surface area contributed by atoms with Crippen molar-refractivity contribution in [2.24, 2.45) is 5.92 Å². The van der Waals surface area contributed by atoms with Crippen LogP contribution in [0.25, 0.3) is 0 Å². The van der Waals surface area contributed by atoms with Crippen molar-refractivity contribution in [3.63, 3.8) is 0 Å². The Morgan fingerprint density at radius 3 is 2.47 bits per heavy atom. The molecular weight excluding hydrogens is 226 g/mol. The maximum Gasteiger partial charge on any atom is 0.414 e. The first-order valence-corrected chi connectivity index (χ1v) is 5.49. The number of carbonyl (C=O) groups excluding carboxylic acids is 2. The Balaban J connectivity index is 2.74. The molecule has 1 N–H and O–H groups in total. The fourth-order valence-corrected chi connectivity index (χ4v) is 1.66. The third kappa shape index (κ3) is 3.44. The summed E-state index contributed by atoms with van der Waals surface area (Å²) in [7, 11) is 0. The van der Waals surface area contributed by atoms with Crippen LogP contribution in [0.4, 0.5) is 4.79 Å². The van der Waals surface area contributed by atoms with Gasteiger partial charge in [-0.15, -0.1) is 0 Å². The summed E-state index contributed by atoms with van der Waals surface area (Å²) in [4.78, 5) is 34.9. The van der Waals surface area contributed by atoms with Gasteiger partial charge in [0, 0.05) is 6.54 Å². The molecule has 0 radical (unpaired) electrons. The minimum atomic E-state index is -1.32. The van der Waals surface area contributed by atoms with E-state index in [1.807, 2.05) is 0 Å². The predicted molar refractivity (Wildman–Crippen MR) is 58.3 cm³/mol. The Morgan fingerprint density at radius 2 is 2.00 bits per heavy atom. The molecule has 2 amide bonds. The number of carbonyl (C=O) groups is 3. The van der Waals surface area contributed by atoms with E-state index >= 15 is 0 Å². The number of piperidine rings is 1. The Bertz CT molecular complexity index is 344. The molecule has 96 valence electrons. The van der Waals surface area contributed by atoms with Crippen LogP contribution in [0.1, 0.15) is 33.6 Å². The van der Waals surface area contributed by atoms with Gasteiger partial charge >= 0.3 is 12.1 Å². The van der Waals surface area contributed by atoms with E-state index in [9.17, 15) is 14.4 Å². The Labute approximate surface area is 99.5 Å². The lowest BCUT2D eigenvalue weighted by atomic mass is 9.97. The van der Waals surface area contributed by atoms with Crippen LogP contribution in [0, 0.1) is 5.92 Å². The van der Waals surface area contributed by atoms with Crippen molar-refractivity contribution in [3.05, 3.63) is 0 Å². The van der Waals surface area contributed by atoms with E-state index in [1.54, 1.807) is 20.8 Å². The molecule has 1 heterocycles. The summed E-state index contributed by atoms with van der Waals surface area (Å²) in [6, 6.07) is 0. The number of amides is 2. The maximum absolute atomic E-state index is 11.7. The van der Waals surface area contributed by atoms with Gasteiger partial charge in [0.05, 0.1) is 0 Å². The summed E-state index contributed by atoms with van der Waals surface area (Å²) in [5, 5.41) is 8.79. The van der Waals surface area contributed by atoms with Crippen LogP contribution in [-0.2, 0) is 14.3 Å². The Kier molecular flexibility index (Phi) is 3.75. The monoisotopic (exact) mass is 243 g/mol. The van der Waals surface area contributed by atoms with Crippen molar-refractivity contribution >= 4 is 18.0 Å². The zero-order valence-electron chi connectivity index (χ0n) is 10.2. The topological polar surface area (TPSA) is 83.9 Å². The van der Waals surface area contributed by atoms with Gasteiger partial charge < -0.3 is 9.84 Å². The van der Waals surface area contributed by atoms with Crippen LogP contribution in [0.2, 0.25) is 0 Å². The quantitative estimate of drug-likeness (QED) is 0.553. The molecule has 0 aromatic carbocycles. The van der Waals surface area contributed by atoms with Crippen molar-refractivity contribution in [1.82, 2.24) is 4.90 Å². The smallest absolute Gasteiger partial charge is 0.414 e. The second-order valence-corrected chi connectivity index (χ2v) is 5.00. The Morgan fingerprint density at radius 1 is 1.41 bits per heavy atom. The number of esters is 1. The second kappa shape index (κ2) is 4.73. The third-order valence-corrected chi connectivity index (χ3v) is 2.36. The molecule has 17 heavy (non-hydrogen) atoms. The molecule has 1 atom stereocenters. The highest BCUT2D eigenvalue weighted by atomic mass is 16.6. The average molecular weight is 243 g/mol. The predicted octanol–water partition coefficient (Wildman–Crippen LogP) is 1.24. The van der Waals surface area contributed by atoms with Crippen molar-refractivity contribution < 1.29 is 24.2 Å². The molecule has 1 rings (SSSR count). The number of imide groups is 1. The van der Waals surface area contributed by atoms with E-state index in [1.165, 1.54) is 0 Å². The summed E-state index contributed by atoms with van der Waals surface area (Å²) in [6.45, 7) is 5.25. The first-order chi connectivity index (χ1) is 7.72. The van der Waals surface area contributed by atoms with Gasteiger partial charge in [0.1, 0.15) is 11.5 Å². The minimum absolute atomic E-state index is 0.146. The van der Waals surface area contributed by atoms with Crippen molar-refractivity contribution in [3.8, 4) is 0 Å². The normalized spacial score (nSPS) is 21.2. The highest BCUT2D eigenvalue weighted by Crippen LogP contribution is 2.22. The molecule has 0 bridgehead atoms. The number of ether oxygens (including phenoxy) is 1. The summed E-state index contributed by atoms with van der Waals surface area (Å²) in [5.74, 6) is -2.31. The highest BCUT2D eigenvalue weighted by Gasteiger charge is 2.39. The molecule has 1 fully saturated rings. The Hall–Kier alpha value is -1.59. The molecule has 0 aromatic heterocycles. The van der Waals surface area contributed by atoms with E-state index in [0.717, 1.165) is 0 Å². The number of hydrogen-bond acceptors (Lipinski definition) is 4. The van der Waals surface area contributed by atoms with E-state index in [0.29, 0.717) is 17.7 Å². The standard InChI is InChI=1S/C11H17NO5/c1-11(2,3)17-9(14)7-5-4-6-12(8(7)13)10(15)16/h7H,4-6H2,1-3H3,(H,15,16)/t7-/m0/s1. The number of nitrogens with zero attached hydrogens (tertiary/aromatic N) is 1. The lowest BCUT2D eigenvalue weighted by Crippen LogP contribution is -2.48. The van der Waals surface area contributed by atoms with Crippen LogP contribution < -0.4 is 0 Å². The second-order valence-electron chi connectivity index (χ2n) is 5.00. The van der Waals surface area contributed by atoms with Gasteiger partial charge in [0.2, 0.25) is 5.91 Å².